The Balaban J connectivity index is 3.32. The van der Waals surface area contributed by atoms with Crippen LogP contribution in [0.3, 0.4) is 0 Å². The highest BCUT2D eigenvalue weighted by Gasteiger charge is 2.23. The maximum absolute atomic E-state index is 11.4. The molecule has 0 aliphatic carbocycles. The molecule has 7 heteroatoms. The Hall–Kier alpha value is -1.76. The van der Waals surface area contributed by atoms with Gasteiger partial charge >= 0.3 is 5.97 Å². The van der Waals surface area contributed by atoms with Gasteiger partial charge in [0.1, 0.15) is 0 Å². The van der Waals surface area contributed by atoms with Crippen LogP contribution in [0.15, 0.2) is 16.7 Å². The van der Waals surface area contributed by atoms with Crippen LogP contribution in [0.25, 0.3) is 0 Å². The van der Waals surface area contributed by atoms with Crippen LogP contribution in [0, 0.1) is 0 Å². The van der Waals surface area contributed by atoms with E-state index in [1.807, 2.05) is 0 Å². The van der Waals surface area contributed by atoms with E-state index in [9.17, 15) is 14.4 Å². The van der Waals surface area contributed by atoms with Crippen molar-refractivity contribution in [3.05, 3.63) is 16.7 Å². The topological polar surface area (TPSA) is 76.6 Å². The van der Waals surface area contributed by atoms with Gasteiger partial charge in [0.05, 0.1) is 0 Å². The smallest absolute Gasteiger partial charge is 0.308 e. The summed E-state index contributed by atoms with van der Waals surface area (Å²) in [5.41, 5.74) is 0. The van der Waals surface area contributed by atoms with E-state index in [1.165, 1.54) is 33.0 Å². The molecule has 0 aliphatic heterocycles. The predicted octanol–water partition coefficient (Wildman–Crippen LogP) is 1.67. The van der Waals surface area contributed by atoms with Crippen LogP contribution in [0.4, 0.5) is 5.82 Å². The van der Waals surface area contributed by atoms with Crippen molar-refractivity contribution in [3.63, 3.8) is 0 Å². The lowest BCUT2D eigenvalue weighted by atomic mass is 10.3. The molecule has 1 heterocycles. The number of amides is 2. The van der Waals surface area contributed by atoms with Gasteiger partial charge < -0.3 is 4.74 Å². The van der Waals surface area contributed by atoms with Crippen molar-refractivity contribution in [2.75, 3.05) is 4.90 Å². The highest BCUT2D eigenvalue weighted by molar-refractivity contribution is 9.10. The van der Waals surface area contributed by atoms with Crippen LogP contribution in [-0.2, 0) is 14.4 Å². The first kappa shape index (κ1) is 14.3. The first-order chi connectivity index (χ1) is 8.32. The maximum Gasteiger partial charge on any atom is 0.308 e. The van der Waals surface area contributed by atoms with Crippen molar-refractivity contribution in [2.45, 2.75) is 20.8 Å². The van der Waals surface area contributed by atoms with Gasteiger partial charge in [-0.25, -0.2) is 9.88 Å². The number of pyridine rings is 1. The van der Waals surface area contributed by atoms with Gasteiger partial charge in [-0.15, -0.1) is 0 Å². The molecule has 0 aliphatic rings. The van der Waals surface area contributed by atoms with Crippen LogP contribution >= 0.6 is 15.9 Å². The molecule has 0 saturated heterocycles. The third-order valence-corrected chi connectivity index (χ3v) is 2.33. The molecule has 1 aromatic rings. The van der Waals surface area contributed by atoms with Crippen molar-refractivity contribution < 1.29 is 19.1 Å². The Labute approximate surface area is 112 Å². The van der Waals surface area contributed by atoms with E-state index >= 15 is 0 Å². The average Bonchev–Trinajstić information content (AvgIpc) is 2.19. The van der Waals surface area contributed by atoms with E-state index in [0.29, 0.717) is 4.47 Å². The molecule has 0 atom stereocenters. The van der Waals surface area contributed by atoms with Crippen molar-refractivity contribution >= 4 is 39.5 Å². The number of carbonyl (C=O) groups excluding carboxylic acids is 3. The van der Waals surface area contributed by atoms with Crippen LogP contribution in [0.5, 0.6) is 5.75 Å². The summed E-state index contributed by atoms with van der Waals surface area (Å²) in [4.78, 5) is 38.6. The molecule has 18 heavy (non-hydrogen) atoms. The number of esters is 1. The summed E-state index contributed by atoms with van der Waals surface area (Å²) in [6.07, 6.45) is 1.40. The highest BCUT2D eigenvalue weighted by atomic mass is 79.9. The molecule has 1 aromatic heterocycles. The summed E-state index contributed by atoms with van der Waals surface area (Å²) in [5.74, 6) is -1.55. The number of nitrogens with zero attached hydrogens (tertiary/aromatic N) is 2. The van der Waals surface area contributed by atoms with Gasteiger partial charge in [-0.05, 0) is 15.9 Å². The third kappa shape index (κ3) is 3.36. The number of aromatic nitrogens is 1. The first-order valence-electron chi connectivity index (χ1n) is 4.98. The lowest BCUT2D eigenvalue weighted by Crippen LogP contribution is -2.34. The summed E-state index contributed by atoms with van der Waals surface area (Å²) in [5, 5.41) is 0. The van der Waals surface area contributed by atoms with Crippen LogP contribution in [-0.4, -0.2) is 22.8 Å². The zero-order valence-corrected chi connectivity index (χ0v) is 11.6. The second-order valence-electron chi connectivity index (χ2n) is 3.44. The normalized spacial score (nSPS) is 9.78. The molecule has 0 N–H and O–H groups in total. The summed E-state index contributed by atoms with van der Waals surface area (Å²) >= 11 is 3.17. The predicted molar refractivity (Wildman–Crippen MR) is 67.1 cm³/mol. The molecule has 2 amide bonds. The average molecular weight is 315 g/mol. The fraction of sp³-hybridized carbons (Fsp3) is 0.273. The van der Waals surface area contributed by atoms with Crippen molar-refractivity contribution in [1.29, 1.82) is 0 Å². The van der Waals surface area contributed by atoms with Crippen molar-refractivity contribution in [1.82, 2.24) is 4.98 Å². The molecule has 6 nitrogen and oxygen atoms in total. The second kappa shape index (κ2) is 5.72. The van der Waals surface area contributed by atoms with Gasteiger partial charge in [-0.1, -0.05) is 0 Å². The number of halogens is 1. The standard InChI is InChI=1S/C11H11BrN2O4/c1-6(15)14(7(2)16)11-10(18-8(3)17)4-9(12)5-13-11/h4-5H,1-3H3. The molecule has 0 radical (unpaired) electrons. The van der Waals surface area contributed by atoms with Gasteiger partial charge in [0.15, 0.2) is 11.6 Å². The number of hydrogen-bond donors (Lipinski definition) is 0. The molecule has 1 rings (SSSR count). The summed E-state index contributed by atoms with van der Waals surface area (Å²) < 4.78 is 5.49. The van der Waals surface area contributed by atoms with E-state index in [-0.39, 0.29) is 11.6 Å². The molecular weight excluding hydrogens is 304 g/mol. The van der Waals surface area contributed by atoms with Crippen LogP contribution < -0.4 is 9.64 Å². The quantitative estimate of drug-likeness (QED) is 0.776. The van der Waals surface area contributed by atoms with Gasteiger partial charge in [0, 0.05) is 37.5 Å². The lowest BCUT2D eigenvalue weighted by Gasteiger charge is -2.18. The SMILES string of the molecule is CC(=O)Oc1cc(Br)cnc1N(C(C)=O)C(C)=O. The van der Waals surface area contributed by atoms with Gasteiger partial charge in [-0.2, -0.15) is 0 Å². The Bertz CT molecular complexity index is 502. The van der Waals surface area contributed by atoms with Crippen molar-refractivity contribution in [2.24, 2.45) is 0 Å². The summed E-state index contributed by atoms with van der Waals surface area (Å²) in [6.45, 7) is 3.67. The van der Waals surface area contributed by atoms with E-state index in [0.717, 1.165) is 4.90 Å². The van der Waals surface area contributed by atoms with Crippen LogP contribution in [0.1, 0.15) is 20.8 Å². The molecule has 0 spiro atoms. The Morgan fingerprint density at radius 3 is 2.22 bits per heavy atom. The van der Waals surface area contributed by atoms with Gasteiger partial charge in [0.25, 0.3) is 0 Å². The molecule has 0 fully saturated rings. The molecule has 0 bridgehead atoms. The Morgan fingerprint density at radius 2 is 1.78 bits per heavy atom. The van der Waals surface area contributed by atoms with E-state index < -0.39 is 17.8 Å². The maximum atomic E-state index is 11.4. The third-order valence-electron chi connectivity index (χ3n) is 1.89. The van der Waals surface area contributed by atoms with E-state index in [1.54, 1.807) is 0 Å². The first-order valence-corrected chi connectivity index (χ1v) is 5.77. The van der Waals surface area contributed by atoms with Gasteiger partial charge in [0.2, 0.25) is 11.8 Å². The summed E-state index contributed by atoms with van der Waals surface area (Å²) in [7, 11) is 0. The minimum Gasteiger partial charge on any atom is -0.423 e. The van der Waals surface area contributed by atoms with E-state index in [4.69, 9.17) is 4.74 Å². The van der Waals surface area contributed by atoms with E-state index in [2.05, 4.69) is 20.9 Å². The largest absolute Gasteiger partial charge is 0.423 e. The molecule has 0 saturated carbocycles. The highest BCUT2D eigenvalue weighted by Crippen LogP contribution is 2.29. The molecular formula is C11H11BrN2O4. The lowest BCUT2D eigenvalue weighted by molar-refractivity contribution is -0.132. The number of anilines is 1. The number of hydrogen-bond acceptors (Lipinski definition) is 5. The summed E-state index contributed by atoms with van der Waals surface area (Å²) in [6, 6.07) is 1.46. The number of rotatable bonds is 2. The zero-order valence-electron chi connectivity index (χ0n) is 10.1. The Morgan fingerprint density at radius 1 is 1.22 bits per heavy atom. The monoisotopic (exact) mass is 314 g/mol. The minimum atomic E-state index is -0.566. The fourth-order valence-corrected chi connectivity index (χ4v) is 1.64. The molecule has 0 aromatic carbocycles. The Kier molecular flexibility index (Phi) is 4.55. The fourth-order valence-electron chi connectivity index (χ4n) is 1.33. The zero-order chi connectivity index (χ0) is 13.9. The number of imide groups is 1. The minimum absolute atomic E-state index is 0.00611. The van der Waals surface area contributed by atoms with Crippen LogP contribution in [0.2, 0.25) is 0 Å². The number of carbonyl (C=O) groups is 3. The molecule has 96 valence electrons. The number of ether oxygens (including phenoxy) is 1. The molecule has 0 unspecified atom stereocenters. The van der Waals surface area contributed by atoms with Gasteiger partial charge in [-0.3, -0.25) is 14.4 Å². The van der Waals surface area contributed by atoms with Crippen molar-refractivity contribution in [3.8, 4) is 5.75 Å². The second-order valence-corrected chi connectivity index (χ2v) is 4.36.